The Kier molecular flexibility index (Phi) is 5.59. The maximum atomic E-state index is 12.6. The van der Waals surface area contributed by atoms with Crippen LogP contribution in [0.3, 0.4) is 0 Å². The Morgan fingerprint density at radius 1 is 1.18 bits per heavy atom. The Morgan fingerprint density at radius 2 is 1.93 bits per heavy atom. The molecule has 2 heterocycles. The van der Waals surface area contributed by atoms with Crippen molar-refractivity contribution in [2.24, 2.45) is 22.2 Å². The molecule has 0 aliphatic heterocycles. The molecule has 2 aromatic heterocycles. The molecule has 1 unspecified atom stereocenters. The number of carbonyl (C=O) groups excluding carboxylic acids is 2. The third-order valence-electron chi connectivity index (χ3n) is 4.21. The normalized spacial score (nSPS) is 12.0. The SMILES string of the molecule is NC(=O)C(CCCN=C(N)N)NC(=O)c1cc2c(=O)[nH]c3ccccc3c2s1. The van der Waals surface area contributed by atoms with Crippen LogP contribution in [-0.2, 0) is 4.79 Å². The Labute approximate surface area is 163 Å². The van der Waals surface area contributed by atoms with E-state index in [1.54, 1.807) is 6.07 Å². The molecule has 0 saturated carbocycles. The minimum absolute atomic E-state index is 0.0395. The molecule has 0 saturated heterocycles. The van der Waals surface area contributed by atoms with Gasteiger partial charge in [-0.3, -0.25) is 19.4 Å². The maximum Gasteiger partial charge on any atom is 0.262 e. The molecule has 10 heteroatoms. The number of fused-ring (bicyclic) bond motifs is 3. The molecule has 8 N–H and O–H groups in total. The van der Waals surface area contributed by atoms with Crippen LogP contribution >= 0.6 is 11.3 Å². The Morgan fingerprint density at radius 3 is 2.64 bits per heavy atom. The molecular weight excluding hydrogens is 380 g/mol. The molecule has 146 valence electrons. The first-order valence-corrected chi connectivity index (χ1v) is 9.38. The molecule has 0 radical (unpaired) electrons. The van der Waals surface area contributed by atoms with E-state index in [1.807, 2.05) is 18.2 Å². The van der Waals surface area contributed by atoms with E-state index in [-0.39, 0.29) is 11.5 Å². The van der Waals surface area contributed by atoms with Crippen molar-refractivity contribution in [2.45, 2.75) is 18.9 Å². The highest BCUT2D eigenvalue weighted by Gasteiger charge is 2.21. The van der Waals surface area contributed by atoms with Crippen molar-refractivity contribution in [2.75, 3.05) is 6.54 Å². The second kappa shape index (κ2) is 8.09. The molecule has 0 aliphatic rings. The predicted molar refractivity (Wildman–Crippen MR) is 110 cm³/mol. The highest BCUT2D eigenvalue weighted by molar-refractivity contribution is 7.21. The number of carbonyl (C=O) groups is 2. The standard InChI is InChI=1S/C18H20N6O3S/c19-15(25)12(6-3-7-22-18(20)21)24-17(27)13-8-10-14(28-13)9-4-1-2-5-11(9)23-16(10)26/h1-2,4-5,8,12H,3,6-7H2,(H2,19,25)(H,23,26)(H,24,27)(H4,20,21,22). The maximum absolute atomic E-state index is 12.6. The van der Waals surface area contributed by atoms with Gasteiger partial charge in [0.2, 0.25) is 5.91 Å². The summed E-state index contributed by atoms with van der Waals surface area (Å²) < 4.78 is 0.716. The van der Waals surface area contributed by atoms with Crippen LogP contribution in [-0.4, -0.2) is 35.3 Å². The summed E-state index contributed by atoms with van der Waals surface area (Å²) in [5.41, 5.74) is 16.3. The summed E-state index contributed by atoms with van der Waals surface area (Å²) >= 11 is 1.20. The number of primary amides is 1. The highest BCUT2D eigenvalue weighted by atomic mass is 32.1. The monoisotopic (exact) mass is 400 g/mol. The number of nitrogens with two attached hydrogens (primary N) is 3. The number of pyridine rings is 1. The number of H-pyrrole nitrogens is 1. The van der Waals surface area contributed by atoms with Gasteiger partial charge in [-0.05, 0) is 25.0 Å². The first kappa shape index (κ1) is 19.4. The Hall–Kier alpha value is -3.40. The summed E-state index contributed by atoms with van der Waals surface area (Å²) in [5, 5.41) is 3.90. The van der Waals surface area contributed by atoms with Gasteiger partial charge in [0.25, 0.3) is 11.5 Å². The van der Waals surface area contributed by atoms with E-state index in [4.69, 9.17) is 17.2 Å². The van der Waals surface area contributed by atoms with Gasteiger partial charge in [-0.15, -0.1) is 11.3 Å². The zero-order chi connectivity index (χ0) is 20.3. The Balaban J connectivity index is 1.83. The summed E-state index contributed by atoms with van der Waals surface area (Å²) in [7, 11) is 0. The van der Waals surface area contributed by atoms with Crippen LogP contribution in [0.15, 0.2) is 40.1 Å². The topological polar surface area (TPSA) is 169 Å². The van der Waals surface area contributed by atoms with E-state index in [1.165, 1.54) is 17.4 Å². The van der Waals surface area contributed by atoms with Gasteiger partial charge in [-0.25, -0.2) is 0 Å². The average Bonchev–Trinajstić information content (AvgIpc) is 3.10. The van der Waals surface area contributed by atoms with Crippen LogP contribution in [0, 0.1) is 0 Å². The van der Waals surface area contributed by atoms with Crippen molar-refractivity contribution < 1.29 is 9.59 Å². The number of guanidine groups is 1. The fourth-order valence-electron chi connectivity index (χ4n) is 2.87. The summed E-state index contributed by atoms with van der Waals surface area (Å²) in [4.78, 5) is 43.6. The van der Waals surface area contributed by atoms with E-state index in [2.05, 4.69) is 15.3 Å². The molecular formula is C18H20N6O3S. The van der Waals surface area contributed by atoms with E-state index >= 15 is 0 Å². The predicted octanol–water partition coefficient (Wildman–Crippen LogP) is 0.380. The number of aromatic amines is 1. The van der Waals surface area contributed by atoms with Crippen molar-refractivity contribution in [1.82, 2.24) is 10.3 Å². The van der Waals surface area contributed by atoms with Crippen LogP contribution in [0.2, 0.25) is 0 Å². The second-order valence-electron chi connectivity index (χ2n) is 6.23. The summed E-state index contributed by atoms with van der Waals surface area (Å²) in [6.07, 6.45) is 0.773. The zero-order valence-corrected chi connectivity index (χ0v) is 15.7. The molecule has 1 aromatic carbocycles. The molecule has 3 aromatic rings. The van der Waals surface area contributed by atoms with Gasteiger partial charge in [-0.2, -0.15) is 0 Å². The molecule has 0 bridgehead atoms. The number of para-hydroxylation sites is 1. The van der Waals surface area contributed by atoms with Gasteiger partial charge in [0, 0.05) is 22.1 Å². The third-order valence-corrected chi connectivity index (χ3v) is 5.38. The molecule has 2 amide bonds. The van der Waals surface area contributed by atoms with Gasteiger partial charge < -0.3 is 27.5 Å². The van der Waals surface area contributed by atoms with E-state index in [0.29, 0.717) is 39.9 Å². The minimum Gasteiger partial charge on any atom is -0.370 e. The number of aromatic nitrogens is 1. The number of nitrogens with one attached hydrogen (secondary N) is 2. The minimum atomic E-state index is -0.859. The number of benzene rings is 1. The number of amides is 2. The van der Waals surface area contributed by atoms with Crippen molar-refractivity contribution in [3.63, 3.8) is 0 Å². The van der Waals surface area contributed by atoms with Crippen LogP contribution in [0.4, 0.5) is 0 Å². The number of nitrogens with zero attached hydrogens (tertiary/aromatic N) is 1. The lowest BCUT2D eigenvalue weighted by atomic mass is 10.1. The molecule has 3 rings (SSSR count). The van der Waals surface area contributed by atoms with E-state index in [0.717, 1.165) is 5.39 Å². The first-order valence-electron chi connectivity index (χ1n) is 8.57. The van der Waals surface area contributed by atoms with Crippen LogP contribution in [0.1, 0.15) is 22.5 Å². The second-order valence-corrected chi connectivity index (χ2v) is 7.28. The molecule has 0 fully saturated rings. The molecule has 0 aliphatic carbocycles. The van der Waals surface area contributed by atoms with Gasteiger partial charge in [0.1, 0.15) is 6.04 Å². The van der Waals surface area contributed by atoms with Crippen molar-refractivity contribution in [3.05, 3.63) is 45.6 Å². The van der Waals surface area contributed by atoms with Crippen LogP contribution in [0.5, 0.6) is 0 Å². The summed E-state index contributed by atoms with van der Waals surface area (Å²) in [6, 6.07) is 8.03. The third kappa shape index (κ3) is 4.12. The lowest BCUT2D eigenvalue weighted by molar-refractivity contribution is -0.120. The number of hydrogen-bond acceptors (Lipinski definition) is 5. The van der Waals surface area contributed by atoms with Crippen molar-refractivity contribution >= 4 is 50.1 Å². The summed E-state index contributed by atoms with van der Waals surface area (Å²) in [6.45, 7) is 0.326. The van der Waals surface area contributed by atoms with E-state index in [9.17, 15) is 14.4 Å². The van der Waals surface area contributed by atoms with Gasteiger partial charge in [0.05, 0.1) is 10.3 Å². The van der Waals surface area contributed by atoms with Crippen molar-refractivity contribution in [3.8, 4) is 0 Å². The quantitative estimate of drug-likeness (QED) is 0.219. The van der Waals surface area contributed by atoms with Gasteiger partial charge in [-0.1, -0.05) is 18.2 Å². The van der Waals surface area contributed by atoms with Crippen molar-refractivity contribution in [1.29, 1.82) is 0 Å². The Bertz CT molecular complexity index is 1130. The number of aliphatic imine (C=N–C) groups is 1. The smallest absolute Gasteiger partial charge is 0.262 e. The van der Waals surface area contributed by atoms with Crippen LogP contribution in [0.25, 0.3) is 21.0 Å². The number of hydrogen-bond donors (Lipinski definition) is 5. The summed E-state index contributed by atoms with van der Waals surface area (Å²) in [5.74, 6) is -1.15. The lowest BCUT2D eigenvalue weighted by Gasteiger charge is -2.14. The van der Waals surface area contributed by atoms with Crippen LogP contribution < -0.4 is 28.1 Å². The molecule has 1 atom stereocenters. The van der Waals surface area contributed by atoms with E-state index < -0.39 is 17.9 Å². The van der Waals surface area contributed by atoms with Gasteiger partial charge in [0.15, 0.2) is 5.96 Å². The number of rotatable bonds is 7. The lowest BCUT2D eigenvalue weighted by Crippen LogP contribution is -2.44. The highest BCUT2D eigenvalue weighted by Crippen LogP contribution is 2.29. The largest absolute Gasteiger partial charge is 0.370 e. The zero-order valence-electron chi connectivity index (χ0n) is 14.9. The fourth-order valence-corrected chi connectivity index (χ4v) is 3.97. The molecule has 0 spiro atoms. The average molecular weight is 400 g/mol. The first-order chi connectivity index (χ1) is 13.4. The number of thiophene rings is 1. The molecule has 28 heavy (non-hydrogen) atoms. The van der Waals surface area contributed by atoms with Gasteiger partial charge >= 0.3 is 0 Å². The molecule has 9 nitrogen and oxygen atoms in total. The fraction of sp³-hybridized carbons (Fsp3) is 0.222.